The molecule has 0 bridgehead atoms. The van der Waals surface area contributed by atoms with Crippen LogP contribution in [-0.4, -0.2) is 26.1 Å². The predicted molar refractivity (Wildman–Crippen MR) is 79.3 cm³/mol. The Hall–Kier alpha value is -1.35. The maximum atomic E-state index is 12.7. The first-order valence-electron chi connectivity index (χ1n) is 7.51. The van der Waals surface area contributed by atoms with E-state index in [9.17, 15) is 4.79 Å². The molecule has 1 aliphatic rings. The second-order valence-electron chi connectivity index (χ2n) is 5.49. The molecule has 2 atom stereocenters. The van der Waals surface area contributed by atoms with Crippen LogP contribution in [0.15, 0.2) is 24.3 Å². The molecule has 0 N–H and O–H groups in total. The minimum atomic E-state index is 0.173. The summed E-state index contributed by atoms with van der Waals surface area (Å²) in [5, 5.41) is 0. The largest absolute Gasteiger partial charge is 0.490 e. The third-order valence-corrected chi connectivity index (χ3v) is 4.19. The van der Waals surface area contributed by atoms with E-state index in [1.165, 1.54) is 12.8 Å². The molecule has 2 rings (SSSR count). The van der Waals surface area contributed by atoms with Gasteiger partial charge in [-0.15, -0.1) is 0 Å². The number of carbonyl (C=O) groups is 1. The zero-order valence-electron chi connectivity index (χ0n) is 12.4. The molecular weight excluding hydrogens is 252 g/mol. The molecule has 1 saturated carbocycles. The molecule has 0 heterocycles. The van der Waals surface area contributed by atoms with Crippen LogP contribution in [0.4, 0.5) is 0 Å². The van der Waals surface area contributed by atoms with Crippen molar-refractivity contribution in [3.05, 3.63) is 29.8 Å². The summed E-state index contributed by atoms with van der Waals surface area (Å²) in [5.41, 5.74) is 0.727. The lowest BCUT2D eigenvalue weighted by atomic mass is 9.94. The average Bonchev–Trinajstić information content (AvgIpc) is 2.96. The highest BCUT2D eigenvalue weighted by Gasteiger charge is 2.30. The Kier molecular flexibility index (Phi) is 5.60. The molecule has 20 heavy (non-hydrogen) atoms. The standard InChI is InChI=1S/C17H24O3/c1-3-13-8-9-14(12-13)17(18)15-6-4-5-7-16(15)20-11-10-19-2/h4-7,13-14H,3,8-12H2,1-2H3. The maximum absolute atomic E-state index is 12.7. The quantitative estimate of drug-likeness (QED) is 0.562. The fraction of sp³-hybridized carbons (Fsp3) is 0.588. The first-order chi connectivity index (χ1) is 9.76. The van der Waals surface area contributed by atoms with Crippen LogP contribution in [0, 0.1) is 11.8 Å². The molecule has 1 aromatic rings. The Morgan fingerprint density at radius 2 is 2.05 bits per heavy atom. The van der Waals surface area contributed by atoms with Crippen molar-refractivity contribution in [3.63, 3.8) is 0 Å². The number of Topliss-reactive ketones (excluding diaryl/α,β-unsaturated/α-hetero) is 1. The van der Waals surface area contributed by atoms with E-state index in [-0.39, 0.29) is 11.7 Å². The average molecular weight is 276 g/mol. The van der Waals surface area contributed by atoms with Gasteiger partial charge in [-0.25, -0.2) is 0 Å². The fourth-order valence-corrected chi connectivity index (χ4v) is 2.93. The molecule has 0 aromatic heterocycles. The molecule has 0 spiro atoms. The van der Waals surface area contributed by atoms with Crippen LogP contribution < -0.4 is 4.74 Å². The van der Waals surface area contributed by atoms with Crippen LogP contribution in [0.5, 0.6) is 5.75 Å². The van der Waals surface area contributed by atoms with E-state index in [0.29, 0.717) is 24.9 Å². The van der Waals surface area contributed by atoms with Crippen molar-refractivity contribution in [2.45, 2.75) is 32.6 Å². The zero-order valence-corrected chi connectivity index (χ0v) is 12.4. The first kappa shape index (κ1) is 15.0. The van der Waals surface area contributed by atoms with E-state index in [2.05, 4.69) is 6.92 Å². The molecule has 3 heteroatoms. The molecule has 1 fully saturated rings. The lowest BCUT2D eigenvalue weighted by molar-refractivity contribution is 0.0912. The van der Waals surface area contributed by atoms with E-state index in [1.807, 2.05) is 24.3 Å². The van der Waals surface area contributed by atoms with E-state index >= 15 is 0 Å². The van der Waals surface area contributed by atoms with Crippen LogP contribution in [-0.2, 0) is 4.74 Å². The van der Waals surface area contributed by atoms with Gasteiger partial charge in [0.2, 0.25) is 0 Å². The van der Waals surface area contributed by atoms with Crippen molar-refractivity contribution in [1.29, 1.82) is 0 Å². The summed E-state index contributed by atoms with van der Waals surface area (Å²) in [6.45, 7) is 3.21. The number of benzene rings is 1. The molecule has 0 amide bonds. The van der Waals surface area contributed by atoms with Crippen molar-refractivity contribution in [2.75, 3.05) is 20.3 Å². The summed E-state index contributed by atoms with van der Waals surface area (Å²) in [5.74, 6) is 1.82. The Bertz CT molecular complexity index is 442. The van der Waals surface area contributed by atoms with Gasteiger partial charge in [0.1, 0.15) is 12.4 Å². The number of hydrogen-bond donors (Lipinski definition) is 0. The maximum Gasteiger partial charge on any atom is 0.169 e. The minimum Gasteiger partial charge on any atom is -0.490 e. The number of ketones is 1. The van der Waals surface area contributed by atoms with Crippen molar-refractivity contribution in [1.82, 2.24) is 0 Å². The smallest absolute Gasteiger partial charge is 0.169 e. The van der Waals surface area contributed by atoms with Crippen LogP contribution in [0.25, 0.3) is 0 Å². The Labute approximate surface area is 121 Å². The van der Waals surface area contributed by atoms with Gasteiger partial charge in [0, 0.05) is 13.0 Å². The molecular formula is C17H24O3. The zero-order chi connectivity index (χ0) is 14.4. The monoisotopic (exact) mass is 276 g/mol. The molecule has 1 aliphatic carbocycles. The summed E-state index contributed by atoms with van der Waals surface area (Å²) in [6.07, 6.45) is 4.40. The normalized spacial score (nSPS) is 21.9. The third-order valence-electron chi connectivity index (χ3n) is 4.19. The number of para-hydroxylation sites is 1. The van der Waals surface area contributed by atoms with Gasteiger partial charge in [0.25, 0.3) is 0 Å². The van der Waals surface area contributed by atoms with E-state index < -0.39 is 0 Å². The Morgan fingerprint density at radius 1 is 1.25 bits per heavy atom. The summed E-state index contributed by atoms with van der Waals surface area (Å²) < 4.78 is 10.6. The van der Waals surface area contributed by atoms with Gasteiger partial charge in [0.05, 0.1) is 12.2 Å². The molecule has 0 saturated heterocycles. The second kappa shape index (κ2) is 7.44. The Balaban J connectivity index is 2.05. The van der Waals surface area contributed by atoms with Crippen LogP contribution in [0.3, 0.4) is 0 Å². The molecule has 3 nitrogen and oxygen atoms in total. The molecule has 110 valence electrons. The first-order valence-corrected chi connectivity index (χ1v) is 7.51. The van der Waals surface area contributed by atoms with E-state index in [0.717, 1.165) is 18.4 Å². The summed E-state index contributed by atoms with van der Waals surface area (Å²) >= 11 is 0. The number of ether oxygens (including phenoxy) is 2. The Morgan fingerprint density at radius 3 is 2.75 bits per heavy atom. The number of carbonyl (C=O) groups excluding carboxylic acids is 1. The predicted octanol–water partition coefficient (Wildman–Crippen LogP) is 3.72. The number of rotatable bonds is 7. The van der Waals surface area contributed by atoms with Crippen molar-refractivity contribution in [3.8, 4) is 5.75 Å². The highest BCUT2D eigenvalue weighted by atomic mass is 16.5. The van der Waals surface area contributed by atoms with Crippen LogP contribution in [0.1, 0.15) is 43.0 Å². The second-order valence-corrected chi connectivity index (χ2v) is 5.49. The van der Waals surface area contributed by atoms with Gasteiger partial charge >= 0.3 is 0 Å². The van der Waals surface area contributed by atoms with Gasteiger partial charge in [-0.1, -0.05) is 25.5 Å². The van der Waals surface area contributed by atoms with Crippen LogP contribution >= 0.6 is 0 Å². The lowest BCUT2D eigenvalue weighted by Gasteiger charge is -2.14. The van der Waals surface area contributed by atoms with Gasteiger partial charge in [0.15, 0.2) is 5.78 Å². The van der Waals surface area contributed by atoms with Crippen molar-refractivity contribution >= 4 is 5.78 Å². The van der Waals surface area contributed by atoms with E-state index in [1.54, 1.807) is 7.11 Å². The van der Waals surface area contributed by atoms with E-state index in [4.69, 9.17) is 9.47 Å². The summed E-state index contributed by atoms with van der Waals surface area (Å²) in [7, 11) is 1.64. The summed E-state index contributed by atoms with van der Waals surface area (Å²) in [4.78, 5) is 12.7. The number of methoxy groups -OCH3 is 1. The van der Waals surface area contributed by atoms with Crippen molar-refractivity contribution < 1.29 is 14.3 Å². The fourth-order valence-electron chi connectivity index (χ4n) is 2.93. The highest BCUT2D eigenvalue weighted by molar-refractivity contribution is 6.00. The summed E-state index contributed by atoms with van der Waals surface area (Å²) in [6, 6.07) is 7.56. The van der Waals surface area contributed by atoms with Gasteiger partial charge < -0.3 is 9.47 Å². The molecule has 0 radical (unpaired) electrons. The van der Waals surface area contributed by atoms with Crippen LogP contribution in [0.2, 0.25) is 0 Å². The highest BCUT2D eigenvalue weighted by Crippen LogP contribution is 2.36. The molecule has 0 aliphatic heterocycles. The van der Waals surface area contributed by atoms with Gasteiger partial charge in [-0.3, -0.25) is 4.79 Å². The topological polar surface area (TPSA) is 35.5 Å². The number of hydrogen-bond acceptors (Lipinski definition) is 3. The van der Waals surface area contributed by atoms with Gasteiger partial charge in [-0.2, -0.15) is 0 Å². The van der Waals surface area contributed by atoms with Gasteiger partial charge in [-0.05, 0) is 37.3 Å². The molecule has 2 unspecified atom stereocenters. The lowest BCUT2D eigenvalue weighted by Crippen LogP contribution is -2.14. The minimum absolute atomic E-state index is 0.173. The SMILES string of the molecule is CCC1CCC(C(=O)c2ccccc2OCCOC)C1. The molecule has 1 aromatic carbocycles. The third kappa shape index (κ3) is 3.60. The van der Waals surface area contributed by atoms with Crippen molar-refractivity contribution in [2.24, 2.45) is 11.8 Å².